The molecule has 1 aromatic heterocycles. The normalized spacial score (nSPS) is 21.8. The van der Waals surface area contributed by atoms with Crippen LogP contribution in [0.3, 0.4) is 0 Å². The molecule has 0 aliphatic carbocycles. The monoisotopic (exact) mass is 554 g/mol. The molecule has 39 heavy (non-hydrogen) atoms. The molecule has 0 saturated carbocycles. The maximum absolute atomic E-state index is 13.7. The summed E-state index contributed by atoms with van der Waals surface area (Å²) >= 11 is 6.45. The predicted octanol–water partition coefficient (Wildman–Crippen LogP) is 4.24. The van der Waals surface area contributed by atoms with Gasteiger partial charge in [0.1, 0.15) is 0 Å². The molecule has 3 aliphatic rings. The molecular formula is C30H39ClN4O4. The maximum Gasteiger partial charge on any atom is 0.289 e. The van der Waals surface area contributed by atoms with E-state index < -0.39 is 0 Å². The molecule has 0 bridgehead atoms. The average Bonchev–Trinajstić information content (AvgIpc) is 3.62. The highest BCUT2D eigenvalue weighted by Crippen LogP contribution is 2.33. The largest absolute Gasteiger partial charge is 0.459 e. The van der Waals surface area contributed by atoms with Gasteiger partial charge in [0.25, 0.3) is 5.91 Å². The number of amides is 3. The molecule has 2 aromatic rings. The number of rotatable bonds is 7. The lowest BCUT2D eigenvalue weighted by Crippen LogP contribution is -2.44. The van der Waals surface area contributed by atoms with Crippen molar-refractivity contribution in [3.8, 4) is 0 Å². The van der Waals surface area contributed by atoms with Crippen LogP contribution < -0.4 is 4.90 Å². The number of hydrogen-bond acceptors (Lipinski definition) is 5. The summed E-state index contributed by atoms with van der Waals surface area (Å²) in [5.41, 5.74) is 2.71. The quantitative estimate of drug-likeness (QED) is 0.512. The topological polar surface area (TPSA) is 77.3 Å². The van der Waals surface area contributed by atoms with Crippen molar-refractivity contribution in [1.82, 2.24) is 14.7 Å². The van der Waals surface area contributed by atoms with Gasteiger partial charge in [-0.25, -0.2) is 0 Å². The van der Waals surface area contributed by atoms with Gasteiger partial charge in [0.05, 0.1) is 6.26 Å². The number of benzene rings is 1. The first-order valence-electron chi connectivity index (χ1n) is 14.1. The molecule has 5 rings (SSSR count). The van der Waals surface area contributed by atoms with E-state index in [1.165, 1.54) is 0 Å². The van der Waals surface area contributed by atoms with Crippen molar-refractivity contribution in [2.45, 2.75) is 40.0 Å². The van der Waals surface area contributed by atoms with Gasteiger partial charge in [0, 0.05) is 74.9 Å². The second kappa shape index (κ2) is 11.7. The number of fused-ring (bicyclic) bond motifs is 1. The summed E-state index contributed by atoms with van der Waals surface area (Å²) in [5.74, 6) is 1.51. The Kier molecular flexibility index (Phi) is 8.33. The Labute approximate surface area is 235 Å². The van der Waals surface area contributed by atoms with Gasteiger partial charge in [-0.05, 0) is 75.3 Å². The summed E-state index contributed by atoms with van der Waals surface area (Å²) < 4.78 is 5.43. The molecular weight excluding hydrogens is 516 g/mol. The summed E-state index contributed by atoms with van der Waals surface area (Å²) in [6.45, 7) is 11.7. The molecule has 2 atom stereocenters. The van der Waals surface area contributed by atoms with Gasteiger partial charge in [-0.1, -0.05) is 17.7 Å². The number of carbonyl (C=O) groups is 3. The van der Waals surface area contributed by atoms with E-state index >= 15 is 0 Å². The molecule has 1 aromatic carbocycles. The highest BCUT2D eigenvalue weighted by Gasteiger charge is 2.42. The molecule has 9 heteroatoms. The van der Waals surface area contributed by atoms with E-state index in [4.69, 9.17) is 16.0 Å². The third-order valence-electron chi connectivity index (χ3n) is 8.78. The third kappa shape index (κ3) is 6.02. The van der Waals surface area contributed by atoms with E-state index in [1.54, 1.807) is 13.2 Å². The third-order valence-corrected chi connectivity index (χ3v) is 9.19. The molecule has 0 spiro atoms. The number of halogens is 1. The van der Waals surface area contributed by atoms with Crippen LogP contribution in [0.2, 0.25) is 5.02 Å². The van der Waals surface area contributed by atoms with E-state index in [-0.39, 0.29) is 23.6 Å². The highest BCUT2D eigenvalue weighted by molar-refractivity contribution is 6.31. The number of carbonyl (C=O) groups excluding carboxylic acids is 3. The van der Waals surface area contributed by atoms with E-state index in [1.807, 2.05) is 52.8 Å². The standard InChI is InChI=1S/C30H39ClN4O4/c1-20-5-6-26(15-27(20)31)35(29(37)23-7-12-33(13-8-23)22(3)36)11-4-10-32-16-24-18-34(19-25(24)17-32)30(38)28-21(2)9-14-39-28/h5-6,9,14-15,23-25H,4,7-8,10-13,16-19H2,1-3H3. The van der Waals surface area contributed by atoms with Crippen LogP contribution >= 0.6 is 11.6 Å². The average molecular weight is 555 g/mol. The number of furan rings is 1. The Morgan fingerprint density at radius 3 is 2.26 bits per heavy atom. The van der Waals surface area contributed by atoms with E-state index in [2.05, 4.69) is 4.90 Å². The van der Waals surface area contributed by atoms with Gasteiger partial charge in [0.2, 0.25) is 11.8 Å². The lowest BCUT2D eigenvalue weighted by Gasteiger charge is -2.34. The van der Waals surface area contributed by atoms with Gasteiger partial charge in [-0.3, -0.25) is 14.4 Å². The first kappa shape index (κ1) is 27.7. The Morgan fingerprint density at radius 1 is 0.974 bits per heavy atom. The minimum Gasteiger partial charge on any atom is -0.459 e. The van der Waals surface area contributed by atoms with Gasteiger partial charge in [0.15, 0.2) is 5.76 Å². The molecule has 2 unspecified atom stereocenters. The van der Waals surface area contributed by atoms with Crippen LogP contribution in [0.4, 0.5) is 5.69 Å². The Morgan fingerprint density at radius 2 is 1.67 bits per heavy atom. The van der Waals surface area contributed by atoms with Crippen molar-refractivity contribution >= 4 is 35.0 Å². The van der Waals surface area contributed by atoms with E-state index in [9.17, 15) is 14.4 Å². The zero-order valence-corrected chi connectivity index (χ0v) is 24.0. The minimum absolute atomic E-state index is 0.00139. The van der Waals surface area contributed by atoms with Crippen LogP contribution in [0.5, 0.6) is 0 Å². The number of likely N-dealkylation sites (tertiary alicyclic amines) is 3. The summed E-state index contributed by atoms with van der Waals surface area (Å²) in [4.78, 5) is 46.5. The van der Waals surface area contributed by atoms with Gasteiger partial charge in [-0.15, -0.1) is 0 Å². The first-order valence-corrected chi connectivity index (χ1v) is 14.5. The lowest BCUT2D eigenvalue weighted by atomic mass is 9.94. The maximum atomic E-state index is 13.7. The molecule has 3 aliphatic heterocycles. The number of anilines is 1. The Balaban J connectivity index is 1.16. The van der Waals surface area contributed by atoms with E-state index in [0.717, 1.165) is 56.0 Å². The Bertz CT molecular complexity index is 1210. The smallest absolute Gasteiger partial charge is 0.289 e. The van der Waals surface area contributed by atoms with Crippen LogP contribution in [0.1, 0.15) is 47.9 Å². The van der Waals surface area contributed by atoms with Crippen LogP contribution in [0.15, 0.2) is 34.9 Å². The van der Waals surface area contributed by atoms with Crippen molar-refractivity contribution in [1.29, 1.82) is 0 Å². The summed E-state index contributed by atoms with van der Waals surface area (Å²) in [7, 11) is 0. The SMILES string of the molecule is CC(=O)N1CCC(C(=O)N(CCCN2CC3CN(C(=O)c4occc4C)CC3C2)c2ccc(C)c(Cl)c2)CC1. The van der Waals surface area contributed by atoms with Crippen molar-refractivity contribution in [3.05, 3.63) is 52.4 Å². The summed E-state index contributed by atoms with van der Waals surface area (Å²) in [6.07, 6.45) is 3.82. The molecule has 8 nitrogen and oxygen atoms in total. The Hall–Kier alpha value is -2.84. The molecule has 0 N–H and O–H groups in total. The van der Waals surface area contributed by atoms with Gasteiger partial charge >= 0.3 is 0 Å². The second-order valence-corrected chi connectivity index (χ2v) is 11.9. The van der Waals surface area contributed by atoms with Crippen LogP contribution in [0, 0.1) is 31.6 Å². The number of piperidine rings is 1. The molecule has 3 saturated heterocycles. The van der Waals surface area contributed by atoms with Gasteiger partial charge in [-0.2, -0.15) is 0 Å². The zero-order valence-electron chi connectivity index (χ0n) is 23.2. The van der Waals surface area contributed by atoms with Crippen LogP contribution in [-0.4, -0.2) is 84.8 Å². The van der Waals surface area contributed by atoms with Crippen molar-refractivity contribution in [2.75, 3.05) is 57.3 Å². The fourth-order valence-electron chi connectivity index (χ4n) is 6.40. The van der Waals surface area contributed by atoms with Gasteiger partial charge < -0.3 is 24.0 Å². The number of nitrogens with zero attached hydrogens (tertiary/aromatic N) is 4. The lowest BCUT2D eigenvalue weighted by molar-refractivity contribution is -0.133. The number of hydrogen-bond donors (Lipinski definition) is 0. The summed E-state index contributed by atoms with van der Waals surface area (Å²) in [6, 6.07) is 7.68. The van der Waals surface area contributed by atoms with Crippen molar-refractivity contribution < 1.29 is 18.8 Å². The second-order valence-electron chi connectivity index (χ2n) is 11.5. The fraction of sp³-hybridized carbons (Fsp3) is 0.567. The highest BCUT2D eigenvalue weighted by atomic mass is 35.5. The first-order chi connectivity index (χ1) is 18.7. The fourth-order valence-corrected chi connectivity index (χ4v) is 6.58. The molecule has 3 fully saturated rings. The molecule has 4 heterocycles. The minimum atomic E-state index is -0.0897. The number of aryl methyl sites for hydroxylation is 2. The summed E-state index contributed by atoms with van der Waals surface area (Å²) in [5, 5.41) is 0.660. The predicted molar refractivity (Wildman–Crippen MR) is 151 cm³/mol. The van der Waals surface area contributed by atoms with Crippen molar-refractivity contribution in [2.24, 2.45) is 17.8 Å². The zero-order chi connectivity index (χ0) is 27.7. The van der Waals surface area contributed by atoms with Crippen LogP contribution in [0.25, 0.3) is 0 Å². The molecule has 210 valence electrons. The molecule has 0 radical (unpaired) electrons. The van der Waals surface area contributed by atoms with E-state index in [0.29, 0.717) is 55.1 Å². The van der Waals surface area contributed by atoms with Crippen molar-refractivity contribution in [3.63, 3.8) is 0 Å². The molecule has 3 amide bonds. The van der Waals surface area contributed by atoms with Crippen LogP contribution in [-0.2, 0) is 9.59 Å².